The van der Waals surface area contributed by atoms with Crippen LogP contribution in [0.3, 0.4) is 0 Å². The lowest BCUT2D eigenvalue weighted by Gasteiger charge is -2.08. The fraction of sp³-hybridized carbons (Fsp3) is 0.444. The average Bonchev–Trinajstić information content (AvgIpc) is 2.26. The molecule has 0 saturated heterocycles. The molecule has 17 heavy (non-hydrogen) atoms. The number of rotatable bonds is 4. The molecule has 0 aliphatic heterocycles. The molecule has 5 nitrogen and oxygen atoms in total. The number of aromatic nitrogens is 2. The Kier molecular flexibility index (Phi) is 4.24. The standard InChI is InChI=1S/C9H11F3N4O/c1-2-13-7-4-14-6(3-15-7)8(17)16-5-9(10,11)12/h3-4H,2,5H2,1H3,(H,13,15)(H,16,17). The van der Waals surface area contributed by atoms with Gasteiger partial charge in [0.15, 0.2) is 0 Å². The molecule has 0 spiro atoms. The molecule has 0 aliphatic carbocycles. The molecule has 0 bridgehead atoms. The van der Waals surface area contributed by atoms with E-state index >= 15 is 0 Å². The predicted molar refractivity (Wildman–Crippen MR) is 54.6 cm³/mol. The van der Waals surface area contributed by atoms with Crippen molar-refractivity contribution in [1.82, 2.24) is 15.3 Å². The summed E-state index contributed by atoms with van der Waals surface area (Å²) in [6, 6.07) is 0. The lowest BCUT2D eigenvalue weighted by atomic mass is 10.4. The Labute approximate surface area is 95.5 Å². The Morgan fingerprint density at radius 2 is 2.06 bits per heavy atom. The van der Waals surface area contributed by atoms with Gasteiger partial charge in [-0.1, -0.05) is 0 Å². The smallest absolute Gasteiger partial charge is 0.369 e. The number of hydrogen-bond donors (Lipinski definition) is 2. The first-order valence-electron chi connectivity index (χ1n) is 4.83. The van der Waals surface area contributed by atoms with Crippen molar-refractivity contribution in [3.8, 4) is 0 Å². The highest BCUT2D eigenvalue weighted by molar-refractivity contribution is 5.92. The van der Waals surface area contributed by atoms with Crippen molar-refractivity contribution in [3.05, 3.63) is 18.1 Å². The SMILES string of the molecule is CCNc1cnc(C(=O)NCC(F)(F)F)cn1. The summed E-state index contributed by atoms with van der Waals surface area (Å²) in [5, 5.41) is 4.55. The number of alkyl halides is 3. The van der Waals surface area contributed by atoms with Crippen LogP contribution in [0.1, 0.15) is 17.4 Å². The minimum absolute atomic E-state index is 0.157. The molecule has 1 aromatic heterocycles. The molecule has 0 aliphatic rings. The highest BCUT2D eigenvalue weighted by atomic mass is 19.4. The summed E-state index contributed by atoms with van der Waals surface area (Å²) in [5.74, 6) is -0.447. The molecule has 0 atom stereocenters. The van der Waals surface area contributed by atoms with Crippen molar-refractivity contribution in [2.75, 3.05) is 18.4 Å². The third kappa shape index (κ3) is 4.66. The van der Waals surface area contributed by atoms with E-state index in [-0.39, 0.29) is 5.69 Å². The normalized spacial score (nSPS) is 11.1. The van der Waals surface area contributed by atoms with Crippen molar-refractivity contribution in [1.29, 1.82) is 0 Å². The van der Waals surface area contributed by atoms with Gasteiger partial charge in [-0.05, 0) is 6.92 Å². The minimum atomic E-state index is -4.44. The maximum atomic E-state index is 11.8. The van der Waals surface area contributed by atoms with E-state index in [0.29, 0.717) is 12.4 Å². The van der Waals surface area contributed by atoms with Gasteiger partial charge in [0.05, 0.1) is 12.4 Å². The van der Waals surface area contributed by atoms with Crippen LogP contribution in [-0.4, -0.2) is 35.1 Å². The summed E-state index contributed by atoms with van der Waals surface area (Å²) in [4.78, 5) is 18.7. The van der Waals surface area contributed by atoms with E-state index in [9.17, 15) is 18.0 Å². The van der Waals surface area contributed by atoms with E-state index in [1.807, 2.05) is 6.92 Å². The first-order chi connectivity index (χ1) is 7.92. The summed E-state index contributed by atoms with van der Waals surface area (Å²) in [6.45, 7) is 1.10. The summed E-state index contributed by atoms with van der Waals surface area (Å²) >= 11 is 0. The number of halogens is 3. The molecular formula is C9H11F3N4O. The van der Waals surface area contributed by atoms with Gasteiger partial charge in [-0.25, -0.2) is 9.97 Å². The fourth-order valence-electron chi connectivity index (χ4n) is 0.989. The molecule has 2 N–H and O–H groups in total. The van der Waals surface area contributed by atoms with E-state index < -0.39 is 18.6 Å². The van der Waals surface area contributed by atoms with Crippen molar-refractivity contribution < 1.29 is 18.0 Å². The highest BCUT2D eigenvalue weighted by Crippen LogP contribution is 2.12. The van der Waals surface area contributed by atoms with Gasteiger partial charge in [0.25, 0.3) is 5.91 Å². The molecule has 0 unspecified atom stereocenters. The van der Waals surface area contributed by atoms with E-state index in [1.54, 1.807) is 5.32 Å². The largest absolute Gasteiger partial charge is 0.405 e. The second-order valence-corrected chi connectivity index (χ2v) is 3.12. The van der Waals surface area contributed by atoms with Crippen LogP contribution in [-0.2, 0) is 0 Å². The van der Waals surface area contributed by atoms with Crippen LogP contribution in [0.5, 0.6) is 0 Å². The third-order valence-corrected chi connectivity index (χ3v) is 1.69. The van der Waals surface area contributed by atoms with Crippen LogP contribution >= 0.6 is 0 Å². The summed E-state index contributed by atoms with van der Waals surface area (Å²) in [6.07, 6.45) is -2.04. The molecule has 1 aromatic rings. The quantitative estimate of drug-likeness (QED) is 0.840. The lowest BCUT2D eigenvalue weighted by Crippen LogP contribution is -2.34. The highest BCUT2D eigenvalue weighted by Gasteiger charge is 2.28. The molecule has 0 aromatic carbocycles. The van der Waals surface area contributed by atoms with Gasteiger partial charge in [-0.3, -0.25) is 4.79 Å². The molecule has 1 amide bonds. The number of nitrogens with one attached hydrogen (secondary N) is 2. The Morgan fingerprint density at radius 1 is 1.35 bits per heavy atom. The predicted octanol–water partition coefficient (Wildman–Crippen LogP) is 1.20. The van der Waals surface area contributed by atoms with E-state index in [2.05, 4.69) is 15.3 Å². The van der Waals surface area contributed by atoms with Crippen LogP contribution in [0.2, 0.25) is 0 Å². The van der Waals surface area contributed by atoms with Crippen LogP contribution in [0.15, 0.2) is 12.4 Å². The zero-order valence-electron chi connectivity index (χ0n) is 9.01. The molecule has 0 saturated carbocycles. The van der Waals surface area contributed by atoms with Gasteiger partial charge >= 0.3 is 6.18 Å². The van der Waals surface area contributed by atoms with Crippen molar-refractivity contribution in [2.24, 2.45) is 0 Å². The first-order valence-corrected chi connectivity index (χ1v) is 4.83. The van der Waals surface area contributed by atoms with Gasteiger partial charge in [-0.2, -0.15) is 13.2 Å². The summed E-state index contributed by atoms with van der Waals surface area (Å²) in [7, 11) is 0. The fourth-order valence-corrected chi connectivity index (χ4v) is 0.989. The van der Waals surface area contributed by atoms with E-state index in [0.717, 1.165) is 6.20 Å². The van der Waals surface area contributed by atoms with Crippen LogP contribution < -0.4 is 10.6 Å². The topological polar surface area (TPSA) is 66.9 Å². The molecule has 8 heteroatoms. The number of nitrogens with zero attached hydrogens (tertiary/aromatic N) is 2. The van der Waals surface area contributed by atoms with Gasteiger partial charge in [-0.15, -0.1) is 0 Å². The summed E-state index contributed by atoms with van der Waals surface area (Å²) in [5.41, 5.74) is -0.157. The average molecular weight is 248 g/mol. The Bertz CT molecular complexity index is 377. The van der Waals surface area contributed by atoms with E-state index in [1.165, 1.54) is 6.20 Å². The van der Waals surface area contributed by atoms with Gasteiger partial charge < -0.3 is 10.6 Å². The molecule has 1 heterocycles. The van der Waals surface area contributed by atoms with Gasteiger partial charge in [0.1, 0.15) is 18.1 Å². The van der Waals surface area contributed by atoms with Crippen LogP contribution in [0.25, 0.3) is 0 Å². The van der Waals surface area contributed by atoms with Gasteiger partial charge in [0, 0.05) is 6.54 Å². The number of carbonyl (C=O) groups excluding carboxylic acids is 1. The first kappa shape index (κ1) is 13.2. The number of anilines is 1. The van der Waals surface area contributed by atoms with Crippen molar-refractivity contribution in [2.45, 2.75) is 13.1 Å². The molecule has 1 rings (SSSR count). The van der Waals surface area contributed by atoms with Crippen LogP contribution in [0.4, 0.5) is 19.0 Å². The number of carbonyl (C=O) groups is 1. The summed E-state index contributed by atoms with van der Waals surface area (Å²) < 4.78 is 35.5. The second-order valence-electron chi connectivity index (χ2n) is 3.12. The monoisotopic (exact) mass is 248 g/mol. The number of hydrogen-bond acceptors (Lipinski definition) is 4. The second kappa shape index (κ2) is 5.46. The van der Waals surface area contributed by atoms with Gasteiger partial charge in [0.2, 0.25) is 0 Å². The molecule has 0 radical (unpaired) electrons. The Balaban J connectivity index is 2.57. The Hall–Kier alpha value is -1.86. The van der Waals surface area contributed by atoms with E-state index in [4.69, 9.17) is 0 Å². The Morgan fingerprint density at radius 3 is 2.53 bits per heavy atom. The maximum absolute atomic E-state index is 11.8. The van der Waals surface area contributed by atoms with Crippen molar-refractivity contribution >= 4 is 11.7 Å². The molecule has 0 fully saturated rings. The maximum Gasteiger partial charge on any atom is 0.405 e. The van der Waals surface area contributed by atoms with Crippen molar-refractivity contribution in [3.63, 3.8) is 0 Å². The minimum Gasteiger partial charge on any atom is -0.369 e. The lowest BCUT2D eigenvalue weighted by molar-refractivity contribution is -0.123. The zero-order chi connectivity index (χ0) is 12.9. The molecule has 94 valence electrons. The third-order valence-electron chi connectivity index (χ3n) is 1.69. The van der Waals surface area contributed by atoms with Crippen LogP contribution in [0, 0.1) is 0 Å². The number of amides is 1. The molecular weight excluding hydrogens is 237 g/mol. The zero-order valence-corrected chi connectivity index (χ0v) is 9.01.